The highest BCUT2D eigenvalue weighted by Gasteiger charge is 2.25. The predicted octanol–water partition coefficient (Wildman–Crippen LogP) is 3.94. The molecule has 0 radical (unpaired) electrons. The molecule has 0 atom stereocenters. The molecule has 0 amide bonds. The first-order valence-electron chi connectivity index (χ1n) is 10.8. The van der Waals surface area contributed by atoms with E-state index in [1.165, 1.54) is 26.4 Å². The summed E-state index contributed by atoms with van der Waals surface area (Å²) >= 11 is 0. The van der Waals surface area contributed by atoms with Crippen molar-refractivity contribution in [2.75, 3.05) is 32.1 Å². The number of hydrogen-bond donors (Lipinski definition) is 0. The Balaban J connectivity index is 1.57. The van der Waals surface area contributed by atoms with Crippen molar-refractivity contribution in [2.24, 2.45) is 0 Å². The summed E-state index contributed by atoms with van der Waals surface area (Å²) in [5.41, 5.74) is 2.21. The first-order valence-corrected chi connectivity index (χ1v) is 12.3. The molecule has 0 saturated carbocycles. The average Bonchev–Trinajstić information content (AvgIpc) is 3.32. The summed E-state index contributed by atoms with van der Waals surface area (Å²) in [4.78, 5) is 19.6. The minimum absolute atomic E-state index is 0.0491. The number of aromatic nitrogens is 1. The van der Waals surface area contributed by atoms with Crippen molar-refractivity contribution in [2.45, 2.75) is 30.8 Å². The maximum Gasteiger partial charge on any atom is 0.340 e. The monoisotopic (exact) mass is 469 g/mol. The molecule has 8 nitrogen and oxygen atoms in total. The van der Waals surface area contributed by atoms with Crippen LogP contribution in [0.5, 0.6) is 0 Å². The van der Waals surface area contributed by atoms with Crippen molar-refractivity contribution in [3.8, 4) is 11.5 Å². The van der Waals surface area contributed by atoms with Crippen LogP contribution in [0.25, 0.3) is 11.5 Å². The molecular weight excluding hydrogens is 442 g/mol. The lowest BCUT2D eigenvalue weighted by Crippen LogP contribution is -2.31. The van der Waals surface area contributed by atoms with E-state index >= 15 is 0 Å². The fourth-order valence-corrected chi connectivity index (χ4v) is 4.69. The molecule has 0 unspecified atom stereocenters. The van der Waals surface area contributed by atoms with Gasteiger partial charge in [0.25, 0.3) is 0 Å². The first-order chi connectivity index (χ1) is 15.9. The molecule has 4 rings (SSSR count). The second-order valence-corrected chi connectivity index (χ2v) is 10.3. The normalized spacial score (nSPS) is 14.5. The number of rotatable bonds is 7. The summed E-state index contributed by atoms with van der Waals surface area (Å²) in [7, 11) is -0.777. The van der Waals surface area contributed by atoms with Gasteiger partial charge in [-0.2, -0.15) is 0 Å². The zero-order chi connectivity index (χ0) is 23.4. The van der Waals surface area contributed by atoms with Crippen LogP contribution < -0.4 is 4.90 Å². The quantitative estimate of drug-likeness (QED) is 0.484. The molecule has 1 aliphatic rings. The minimum atomic E-state index is -3.70. The van der Waals surface area contributed by atoms with Gasteiger partial charge < -0.3 is 14.1 Å². The molecule has 174 valence electrons. The van der Waals surface area contributed by atoms with Crippen molar-refractivity contribution in [1.82, 2.24) is 9.29 Å². The number of anilines is 1. The summed E-state index contributed by atoms with van der Waals surface area (Å²) in [5, 5.41) is 0. The van der Waals surface area contributed by atoms with Crippen LogP contribution in [-0.2, 0) is 21.4 Å². The molecule has 1 saturated heterocycles. The van der Waals surface area contributed by atoms with Gasteiger partial charge in [-0.15, -0.1) is 0 Å². The Morgan fingerprint density at radius 1 is 1.09 bits per heavy atom. The lowest BCUT2D eigenvalue weighted by atomic mass is 10.1. The van der Waals surface area contributed by atoms with Crippen molar-refractivity contribution in [3.63, 3.8) is 0 Å². The topological polar surface area (TPSA) is 93.0 Å². The summed E-state index contributed by atoms with van der Waals surface area (Å²) in [6.07, 6.45) is 4.63. The van der Waals surface area contributed by atoms with Gasteiger partial charge >= 0.3 is 5.97 Å². The zero-order valence-corrected chi connectivity index (χ0v) is 19.5. The van der Waals surface area contributed by atoms with Crippen molar-refractivity contribution >= 4 is 21.7 Å². The second kappa shape index (κ2) is 9.76. The van der Waals surface area contributed by atoms with Crippen molar-refractivity contribution < 1.29 is 22.4 Å². The van der Waals surface area contributed by atoms with Gasteiger partial charge in [0.15, 0.2) is 0 Å². The van der Waals surface area contributed by atoms with Gasteiger partial charge in [0, 0.05) is 32.7 Å². The number of piperidine rings is 1. The highest BCUT2D eigenvalue weighted by molar-refractivity contribution is 7.89. The Kier molecular flexibility index (Phi) is 6.80. The minimum Gasteiger partial charge on any atom is -0.455 e. The third-order valence-corrected chi connectivity index (χ3v) is 7.40. The number of benzene rings is 2. The van der Waals surface area contributed by atoms with Crippen LogP contribution in [0.3, 0.4) is 0 Å². The summed E-state index contributed by atoms with van der Waals surface area (Å²) in [6.45, 7) is 1.53. The third-order valence-electron chi connectivity index (χ3n) is 5.59. The van der Waals surface area contributed by atoms with Crippen molar-refractivity contribution in [3.05, 3.63) is 66.1 Å². The maximum atomic E-state index is 13.1. The Morgan fingerprint density at radius 2 is 1.82 bits per heavy atom. The standard InChI is InChI=1S/C24H27N3O5S/c1-26(2)33(29,30)20-11-12-22(27-13-7-4-8-14-27)21(15-20)24(28)32-17-19-16-31-23(25-19)18-9-5-3-6-10-18/h3,5-6,9-12,15-16H,4,7-8,13-14,17H2,1-2H3. The number of nitrogens with zero attached hydrogens (tertiary/aromatic N) is 3. The van der Waals surface area contributed by atoms with E-state index in [-0.39, 0.29) is 17.1 Å². The largest absolute Gasteiger partial charge is 0.455 e. The molecule has 0 spiro atoms. The van der Waals surface area contributed by atoms with Gasteiger partial charge in [0.2, 0.25) is 15.9 Å². The number of esters is 1. The number of ether oxygens (including phenoxy) is 1. The molecule has 2 aromatic carbocycles. The number of sulfonamides is 1. The molecule has 33 heavy (non-hydrogen) atoms. The van der Waals surface area contributed by atoms with Gasteiger partial charge in [-0.25, -0.2) is 22.5 Å². The van der Waals surface area contributed by atoms with Gasteiger partial charge in [-0.3, -0.25) is 0 Å². The van der Waals surface area contributed by atoms with Gasteiger partial charge in [-0.05, 0) is 49.6 Å². The Morgan fingerprint density at radius 3 is 2.52 bits per heavy atom. The number of oxazole rings is 1. The van der Waals surface area contributed by atoms with Crippen LogP contribution >= 0.6 is 0 Å². The third kappa shape index (κ3) is 5.09. The maximum absolute atomic E-state index is 13.1. The lowest BCUT2D eigenvalue weighted by molar-refractivity contribution is 0.0468. The van der Waals surface area contributed by atoms with E-state index in [2.05, 4.69) is 9.88 Å². The van der Waals surface area contributed by atoms with Crippen LogP contribution in [0, 0.1) is 0 Å². The lowest BCUT2D eigenvalue weighted by Gasteiger charge is -2.30. The Bertz CT molecular complexity index is 1220. The summed E-state index contributed by atoms with van der Waals surface area (Å²) in [5.74, 6) is -0.162. The number of hydrogen-bond acceptors (Lipinski definition) is 7. The average molecular weight is 470 g/mol. The molecule has 0 aliphatic carbocycles. The van der Waals surface area contributed by atoms with Gasteiger partial charge in [0.1, 0.15) is 18.6 Å². The molecule has 1 fully saturated rings. The number of carbonyl (C=O) groups excluding carboxylic acids is 1. The van der Waals surface area contributed by atoms with E-state index in [1.54, 1.807) is 12.1 Å². The fraction of sp³-hybridized carbons (Fsp3) is 0.333. The first kappa shape index (κ1) is 23.0. The summed E-state index contributed by atoms with van der Waals surface area (Å²) in [6, 6.07) is 14.1. The second-order valence-electron chi connectivity index (χ2n) is 8.10. The van der Waals surface area contributed by atoms with Crippen LogP contribution in [0.2, 0.25) is 0 Å². The SMILES string of the molecule is CN(C)S(=O)(=O)c1ccc(N2CCCCC2)c(C(=O)OCc2coc(-c3ccccc3)n2)c1. The van der Waals surface area contributed by atoms with E-state index < -0.39 is 16.0 Å². The highest BCUT2D eigenvalue weighted by Crippen LogP contribution is 2.29. The molecule has 1 aromatic heterocycles. The smallest absolute Gasteiger partial charge is 0.340 e. The van der Waals surface area contributed by atoms with E-state index in [1.807, 2.05) is 30.3 Å². The molecule has 1 aliphatic heterocycles. The van der Waals surface area contributed by atoms with Crippen LogP contribution in [-0.4, -0.2) is 50.9 Å². The van der Waals surface area contributed by atoms with E-state index in [0.717, 1.165) is 42.2 Å². The molecule has 9 heteroatoms. The van der Waals surface area contributed by atoms with Crippen LogP contribution in [0.4, 0.5) is 5.69 Å². The van der Waals surface area contributed by atoms with Gasteiger partial charge in [0.05, 0.1) is 16.1 Å². The van der Waals surface area contributed by atoms with E-state index in [4.69, 9.17) is 9.15 Å². The van der Waals surface area contributed by atoms with Crippen LogP contribution in [0.15, 0.2) is 64.1 Å². The van der Waals surface area contributed by atoms with Crippen molar-refractivity contribution in [1.29, 1.82) is 0 Å². The zero-order valence-electron chi connectivity index (χ0n) is 18.7. The molecule has 3 aromatic rings. The Hall–Kier alpha value is -3.17. The predicted molar refractivity (Wildman–Crippen MR) is 124 cm³/mol. The fourth-order valence-electron chi connectivity index (χ4n) is 3.76. The number of carbonyl (C=O) groups is 1. The highest BCUT2D eigenvalue weighted by atomic mass is 32.2. The Labute approximate surface area is 193 Å². The summed E-state index contributed by atoms with van der Waals surface area (Å²) < 4.78 is 37.5. The molecular formula is C24H27N3O5S. The molecule has 0 N–H and O–H groups in total. The van der Waals surface area contributed by atoms with Crippen LogP contribution in [0.1, 0.15) is 35.3 Å². The van der Waals surface area contributed by atoms with E-state index in [0.29, 0.717) is 17.3 Å². The van der Waals surface area contributed by atoms with E-state index in [9.17, 15) is 13.2 Å². The molecule has 2 heterocycles. The molecule has 0 bridgehead atoms. The van der Waals surface area contributed by atoms with Gasteiger partial charge in [-0.1, -0.05) is 18.2 Å².